The van der Waals surface area contributed by atoms with Gasteiger partial charge in [0.2, 0.25) is 0 Å². The zero-order valence-corrected chi connectivity index (χ0v) is 14.1. The number of imidazole rings is 1. The molecule has 2 rings (SSSR count). The van der Waals surface area contributed by atoms with E-state index in [4.69, 9.17) is 0 Å². The summed E-state index contributed by atoms with van der Waals surface area (Å²) in [5.74, 6) is 0. The van der Waals surface area contributed by atoms with Gasteiger partial charge in [-0.1, -0.05) is 39.8 Å². The molecular formula is C15H21IN2O. The van der Waals surface area contributed by atoms with Gasteiger partial charge in [0.1, 0.15) is 5.69 Å². The van der Waals surface area contributed by atoms with Crippen molar-refractivity contribution < 1.29 is 4.79 Å². The fraction of sp³-hybridized carbons (Fsp3) is 0.333. The van der Waals surface area contributed by atoms with E-state index in [9.17, 15) is 4.79 Å². The van der Waals surface area contributed by atoms with E-state index < -0.39 is 0 Å². The quantitative estimate of drug-likeness (QED) is 0.591. The summed E-state index contributed by atoms with van der Waals surface area (Å²) in [6, 6.07) is 8.18. The zero-order chi connectivity index (χ0) is 14.7. The number of hydrogen-bond acceptors (Lipinski definition) is 2. The molecule has 3 nitrogen and oxygen atoms in total. The van der Waals surface area contributed by atoms with Crippen LogP contribution in [0.2, 0.25) is 0 Å². The van der Waals surface area contributed by atoms with Gasteiger partial charge in [0.05, 0.1) is 12.5 Å². The second-order valence-electron chi connectivity index (χ2n) is 3.19. The van der Waals surface area contributed by atoms with E-state index in [2.05, 4.69) is 33.6 Å². The number of hydrogen-bond donors (Lipinski definition) is 0. The molecule has 0 fully saturated rings. The molecule has 0 saturated carbocycles. The molecule has 0 aliphatic carbocycles. The Morgan fingerprint density at radius 1 is 1.26 bits per heavy atom. The van der Waals surface area contributed by atoms with Crippen LogP contribution in [0.1, 0.15) is 43.7 Å². The predicted molar refractivity (Wildman–Crippen MR) is 88.6 cm³/mol. The lowest BCUT2D eigenvalue weighted by molar-refractivity contribution is 0.111. The van der Waals surface area contributed by atoms with Gasteiger partial charge in [0.25, 0.3) is 0 Å². The van der Waals surface area contributed by atoms with Crippen molar-refractivity contribution in [3.63, 3.8) is 0 Å². The van der Waals surface area contributed by atoms with Crippen LogP contribution >= 0.6 is 22.6 Å². The van der Waals surface area contributed by atoms with Gasteiger partial charge in [-0.05, 0) is 40.3 Å². The number of carbonyl (C=O) groups excluding carboxylic acids is 1. The van der Waals surface area contributed by atoms with Crippen molar-refractivity contribution >= 4 is 28.9 Å². The van der Waals surface area contributed by atoms with Crippen molar-refractivity contribution in [2.24, 2.45) is 0 Å². The predicted octanol–water partition coefficient (Wildman–Crippen LogP) is 4.40. The first-order chi connectivity index (χ1) is 9.29. The second kappa shape index (κ2) is 10.7. The zero-order valence-electron chi connectivity index (χ0n) is 11.9. The molecule has 0 saturated heterocycles. The highest BCUT2D eigenvalue weighted by Gasteiger charge is 2.01. The van der Waals surface area contributed by atoms with Crippen molar-refractivity contribution in [1.29, 1.82) is 0 Å². The average Bonchev–Trinajstić information content (AvgIpc) is 2.90. The van der Waals surface area contributed by atoms with Gasteiger partial charge in [-0.3, -0.25) is 4.79 Å². The first-order valence-corrected chi connectivity index (χ1v) is 7.57. The molecule has 0 N–H and O–H groups in total. The van der Waals surface area contributed by atoms with Gasteiger partial charge in [-0.25, -0.2) is 4.98 Å². The first kappa shape index (κ1) is 17.8. The molecule has 104 valence electrons. The van der Waals surface area contributed by atoms with Gasteiger partial charge in [-0.2, -0.15) is 0 Å². The molecular weight excluding hydrogens is 351 g/mol. The van der Waals surface area contributed by atoms with Gasteiger partial charge in [0.15, 0.2) is 6.29 Å². The molecule has 0 radical (unpaired) electrons. The van der Waals surface area contributed by atoms with E-state index in [0.29, 0.717) is 12.2 Å². The summed E-state index contributed by atoms with van der Waals surface area (Å²) in [6.45, 7) is 8.69. The van der Waals surface area contributed by atoms with Crippen LogP contribution in [0.4, 0.5) is 0 Å². The Hall–Kier alpha value is -1.17. The third-order valence-electron chi connectivity index (χ3n) is 2.11. The van der Waals surface area contributed by atoms with E-state index >= 15 is 0 Å². The smallest absolute Gasteiger partial charge is 0.168 e. The maximum Gasteiger partial charge on any atom is 0.168 e. The number of carbonyl (C=O) groups is 1. The Morgan fingerprint density at radius 2 is 1.95 bits per heavy atom. The summed E-state index contributed by atoms with van der Waals surface area (Å²) in [6.07, 6.45) is 4.06. The topological polar surface area (TPSA) is 34.9 Å². The lowest BCUT2D eigenvalue weighted by Crippen LogP contribution is -2.02. The van der Waals surface area contributed by atoms with E-state index in [1.165, 1.54) is 9.13 Å². The number of rotatable bonds is 3. The molecule has 2 aromatic rings. The maximum absolute atomic E-state index is 10.7. The first-order valence-electron chi connectivity index (χ1n) is 6.49. The number of halogens is 1. The van der Waals surface area contributed by atoms with Crippen LogP contribution in [-0.2, 0) is 6.54 Å². The number of aromatic nitrogens is 2. The van der Waals surface area contributed by atoms with Gasteiger partial charge < -0.3 is 4.57 Å². The van der Waals surface area contributed by atoms with E-state index in [1.807, 2.05) is 50.5 Å². The van der Waals surface area contributed by atoms with Crippen molar-refractivity contribution in [1.82, 2.24) is 9.55 Å². The third kappa shape index (κ3) is 6.00. The van der Waals surface area contributed by atoms with Crippen LogP contribution in [0.25, 0.3) is 0 Å². The maximum atomic E-state index is 10.7. The molecule has 1 aromatic heterocycles. The average molecular weight is 372 g/mol. The Morgan fingerprint density at radius 3 is 2.53 bits per heavy atom. The molecule has 1 heterocycles. The molecule has 4 heteroatoms. The summed E-state index contributed by atoms with van der Waals surface area (Å²) in [5, 5.41) is 0. The number of benzene rings is 1. The van der Waals surface area contributed by atoms with Crippen LogP contribution in [-0.4, -0.2) is 15.8 Å². The molecule has 0 unspecified atom stereocenters. The fourth-order valence-corrected chi connectivity index (χ4v) is 2.00. The molecule has 1 aromatic carbocycles. The van der Waals surface area contributed by atoms with Crippen LogP contribution in [0.5, 0.6) is 0 Å². The van der Waals surface area contributed by atoms with Crippen LogP contribution in [0.3, 0.4) is 0 Å². The van der Waals surface area contributed by atoms with Crippen molar-refractivity contribution in [3.05, 3.63) is 51.6 Å². The van der Waals surface area contributed by atoms with E-state index in [0.717, 1.165) is 6.29 Å². The second-order valence-corrected chi connectivity index (χ2v) is 4.44. The van der Waals surface area contributed by atoms with Crippen molar-refractivity contribution in [3.8, 4) is 0 Å². The number of nitrogens with zero attached hydrogens (tertiary/aromatic N) is 2. The summed E-state index contributed by atoms with van der Waals surface area (Å²) < 4.78 is 3.02. The monoisotopic (exact) mass is 372 g/mol. The SMILES string of the molecule is CC.CC.O=Cc1cncn1Cc1cccc(I)c1. The fourth-order valence-electron chi connectivity index (χ4n) is 1.39. The molecule has 0 bridgehead atoms. The standard InChI is InChI=1S/C11H9IN2O.2C2H6/c12-10-3-1-2-9(4-10)6-14-8-13-5-11(14)7-15;2*1-2/h1-5,7-8H,6H2;2*1-2H3. The third-order valence-corrected chi connectivity index (χ3v) is 2.78. The summed E-state index contributed by atoms with van der Waals surface area (Å²) in [5.41, 5.74) is 1.77. The highest BCUT2D eigenvalue weighted by molar-refractivity contribution is 14.1. The Kier molecular flexibility index (Phi) is 10.1. The highest BCUT2D eigenvalue weighted by atomic mass is 127. The van der Waals surface area contributed by atoms with E-state index in [1.54, 1.807) is 12.5 Å². The lowest BCUT2D eigenvalue weighted by atomic mass is 10.2. The van der Waals surface area contributed by atoms with Crippen LogP contribution < -0.4 is 0 Å². The summed E-state index contributed by atoms with van der Waals surface area (Å²) >= 11 is 2.27. The minimum atomic E-state index is 0.605. The lowest BCUT2D eigenvalue weighted by Gasteiger charge is -2.04. The normalized spacial score (nSPS) is 8.68. The summed E-state index contributed by atoms with van der Waals surface area (Å²) in [4.78, 5) is 14.6. The highest BCUT2D eigenvalue weighted by Crippen LogP contribution is 2.10. The molecule has 19 heavy (non-hydrogen) atoms. The van der Waals surface area contributed by atoms with Gasteiger partial charge in [0, 0.05) is 10.1 Å². The minimum absolute atomic E-state index is 0.605. The molecule has 0 aliphatic rings. The Bertz CT molecular complexity index is 481. The Balaban J connectivity index is 0.000000741. The van der Waals surface area contributed by atoms with Crippen LogP contribution in [0.15, 0.2) is 36.8 Å². The van der Waals surface area contributed by atoms with E-state index in [-0.39, 0.29) is 0 Å². The molecule has 0 spiro atoms. The number of aldehydes is 1. The largest absolute Gasteiger partial charge is 0.324 e. The summed E-state index contributed by atoms with van der Waals surface area (Å²) in [7, 11) is 0. The van der Waals surface area contributed by atoms with Crippen molar-refractivity contribution in [2.45, 2.75) is 34.2 Å². The minimum Gasteiger partial charge on any atom is -0.324 e. The molecule has 0 aliphatic heterocycles. The molecule has 0 amide bonds. The van der Waals surface area contributed by atoms with Gasteiger partial charge >= 0.3 is 0 Å². The van der Waals surface area contributed by atoms with Crippen LogP contribution in [0, 0.1) is 3.57 Å². The van der Waals surface area contributed by atoms with Gasteiger partial charge in [-0.15, -0.1) is 0 Å². The Labute approximate surface area is 129 Å². The molecule has 0 atom stereocenters. The van der Waals surface area contributed by atoms with Crippen molar-refractivity contribution in [2.75, 3.05) is 0 Å².